The highest BCUT2D eigenvalue weighted by molar-refractivity contribution is 6.02. The Morgan fingerprint density at radius 3 is 2.42 bits per heavy atom. The number of carboxylic acid groups (broad SMARTS) is 1. The Hall–Kier alpha value is -2.04. The van der Waals surface area contributed by atoms with Crippen molar-refractivity contribution in [2.45, 2.75) is 38.2 Å². The fourth-order valence-corrected chi connectivity index (χ4v) is 2.29. The van der Waals surface area contributed by atoms with Gasteiger partial charge in [-0.3, -0.25) is 0 Å². The SMILES string of the molecule is O=C(O)c1cc(O)ccc1C(=O)OC1CCCCC1. The van der Waals surface area contributed by atoms with Gasteiger partial charge in [-0.05, 0) is 43.9 Å². The zero-order valence-corrected chi connectivity index (χ0v) is 10.5. The van der Waals surface area contributed by atoms with Crippen LogP contribution in [0.5, 0.6) is 5.75 Å². The van der Waals surface area contributed by atoms with Gasteiger partial charge < -0.3 is 14.9 Å². The Kier molecular flexibility index (Phi) is 4.04. The molecule has 1 aliphatic carbocycles. The lowest BCUT2D eigenvalue weighted by Gasteiger charge is -2.22. The number of hydrogen-bond donors (Lipinski definition) is 2. The second-order valence-electron chi connectivity index (χ2n) is 4.70. The van der Waals surface area contributed by atoms with Crippen molar-refractivity contribution < 1.29 is 24.5 Å². The number of esters is 1. The van der Waals surface area contributed by atoms with Crippen molar-refractivity contribution in [1.29, 1.82) is 0 Å². The van der Waals surface area contributed by atoms with Gasteiger partial charge in [0, 0.05) is 0 Å². The fraction of sp³-hybridized carbons (Fsp3) is 0.429. The minimum Gasteiger partial charge on any atom is -0.508 e. The summed E-state index contributed by atoms with van der Waals surface area (Å²) in [6.07, 6.45) is 4.72. The van der Waals surface area contributed by atoms with E-state index in [-0.39, 0.29) is 23.0 Å². The Balaban J connectivity index is 2.16. The number of aromatic carboxylic acids is 1. The largest absolute Gasteiger partial charge is 0.508 e. The molecule has 5 heteroatoms. The van der Waals surface area contributed by atoms with Crippen LogP contribution in [0.1, 0.15) is 52.8 Å². The van der Waals surface area contributed by atoms with E-state index in [1.807, 2.05) is 0 Å². The molecule has 1 aromatic carbocycles. The van der Waals surface area contributed by atoms with Crippen molar-refractivity contribution in [3.8, 4) is 5.75 Å². The van der Waals surface area contributed by atoms with E-state index in [4.69, 9.17) is 9.84 Å². The molecule has 0 atom stereocenters. The van der Waals surface area contributed by atoms with Gasteiger partial charge in [-0.25, -0.2) is 9.59 Å². The molecule has 2 rings (SSSR count). The van der Waals surface area contributed by atoms with Crippen LogP contribution in [0.15, 0.2) is 18.2 Å². The zero-order chi connectivity index (χ0) is 13.8. The van der Waals surface area contributed by atoms with E-state index in [0.29, 0.717) is 0 Å². The average molecular weight is 264 g/mol. The summed E-state index contributed by atoms with van der Waals surface area (Å²) in [5, 5.41) is 18.3. The van der Waals surface area contributed by atoms with Gasteiger partial charge in [0.05, 0.1) is 11.1 Å². The van der Waals surface area contributed by atoms with Crippen LogP contribution >= 0.6 is 0 Å². The van der Waals surface area contributed by atoms with Crippen LogP contribution in [-0.4, -0.2) is 28.3 Å². The first-order chi connectivity index (χ1) is 9.08. The number of ether oxygens (including phenoxy) is 1. The van der Waals surface area contributed by atoms with Gasteiger partial charge in [0.25, 0.3) is 0 Å². The lowest BCUT2D eigenvalue weighted by molar-refractivity contribution is 0.0207. The standard InChI is InChI=1S/C14H16O5/c15-9-6-7-11(12(8-9)13(16)17)14(18)19-10-4-2-1-3-5-10/h6-8,10,15H,1-5H2,(H,16,17). The highest BCUT2D eigenvalue weighted by atomic mass is 16.5. The normalized spacial score (nSPS) is 16.0. The van der Waals surface area contributed by atoms with Gasteiger partial charge in [-0.2, -0.15) is 0 Å². The summed E-state index contributed by atoms with van der Waals surface area (Å²) in [5.41, 5.74) is -0.253. The van der Waals surface area contributed by atoms with Gasteiger partial charge in [-0.15, -0.1) is 0 Å². The van der Waals surface area contributed by atoms with Crippen molar-refractivity contribution in [2.75, 3.05) is 0 Å². The fourth-order valence-electron chi connectivity index (χ4n) is 2.29. The second kappa shape index (κ2) is 5.73. The van der Waals surface area contributed by atoms with Crippen LogP contribution in [0.4, 0.5) is 0 Å². The van der Waals surface area contributed by atoms with E-state index in [0.717, 1.165) is 38.2 Å². The van der Waals surface area contributed by atoms with Crippen molar-refractivity contribution in [1.82, 2.24) is 0 Å². The third kappa shape index (κ3) is 3.24. The molecule has 0 saturated heterocycles. The smallest absolute Gasteiger partial charge is 0.339 e. The van der Waals surface area contributed by atoms with E-state index >= 15 is 0 Å². The molecule has 102 valence electrons. The van der Waals surface area contributed by atoms with Gasteiger partial charge in [0.15, 0.2) is 0 Å². The van der Waals surface area contributed by atoms with E-state index < -0.39 is 11.9 Å². The molecule has 0 spiro atoms. The lowest BCUT2D eigenvalue weighted by atomic mass is 9.97. The molecule has 1 saturated carbocycles. The Morgan fingerprint density at radius 2 is 1.79 bits per heavy atom. The summed E-state index contributed by atoms with van der Waals surface area (Å²) >= 11 is 0. The summed E-state index contributed by atoms with van der Waals surface area (Å²) in [6, 6.07) is 3.62. The summed E-state index contributed by atoms with van der Waals surface area (Å²) in [6.45, 7) is 0. The quantitative estimate of drug-likeness (QED) is 0.820. The van der Waals surface area contributed by atoms with Gasteiger partial charge >= 0.3 is 11.9 Å². The van der Waals surface area contributed by atoms with Crippen LogP contribution in [0, 0.1) is 0 Å². The summed E-state index contributed by atoms with van der Waals surface area (Å²) in [7, 11) is 0. The molecular weight excluding hydrogens is 248 g/mol. The average Bonchev–Trinajstić information content (AvgIpc) is 2.39. The maximum atomic E-state index is 12.0. The van der Waals surface area contributed by atoms with E-state index in [1.165, 1.54) is 12.1 Å². The molecule has 0 unspecified atom stereocenters. The molecule has 0 aromatic heterocycles. The number of aromatic hydroxyl groups is 1. The molecule has 0 amide bonds. The van der Waals surface area contributed by atoms with Crippen LogP contribution < -0.4 is 0 Å². The number of phenols is 1. The number of benzene rings is 1. The minimum atomic E-state index is -1.26. The number of carbonyl (C=O) groups excluding carboxylic acids is 1. The number of phenolic OH excluding ortho intramolecular Hbond substituents is 1. The van der Waals surface area contributed by atoms with Crippen molar-refractivity contribution in [3.05, 3.63) is 29.3 Å². The van der Waals surface area contributed by atoms with Gasteiger partial charge in [0.2, 0.25) is 0 Å². The first-order valence-electron chi connectivity index (χ1n) is 6.35. The molecule has 0 bridgehead atoms. The zero-order valence-electron chi connectivity index (χ0n) is 10.5. The second-order valence-corrected chi connectivity index (χ2v) is 4.70. The predicted octanol–water partition coefficient (Wildman–Crippen LogP) is 2.58. The van der Waals surface area contributed by atoms with E-state index in [9.17, 15) is 14.7 Å². The van der Waals surface area contributed by atoms with Crippen molar-refractivity contribution in [2.24, 2.45) is 0 Å². The predicted molar refractivity (Wildman–Crippen MR) is 67.4 cm³/mol. The monoisotopic (exact) mass is 264 g/mol. The van der Waals surface area contributed by atoms with Gasteiger partial charge in [-0.1, -0.05) is 6.42 Å². The summed E-state index contributed by atoms with van der Waals surface area (Å²) in [5.74, 6) is -2.08. The molecule has 5 nitrogen and oxygen atoms in total. The molecule has 19 heavy (non-hydrogen) atoms. The summed E-state index contributed by atoms with van der Waals surface area (Å²) in [4.78, 5) is 23.0. The molecule has 0 aliphatic heterocycles. The van der Waals surface area contributed by atoms with Crippen molar-refractivity contribution in [3.63, 3.8) is 0 Å². The first kappa shape index (κ1) is 13.4. The van der Waals surface area contributed by atoms with Crippen LogP contribution in [0.2, 0.25) is 0 Å². The third-order valence-electron chi connectivity index (χ3n) is 3.28. The molecule has 2 N–H and O–H groups in total. The van der Waals surface area contributed by atoms with E-state index in [1.54, 1.807) is 0 Å². The topological polar surface area (TPSA) is 83.8 Å². The molecule has 1 fully saturated rings. The van der Waals surface area contributed by atoms with Gasteiger partial charge in [0.1, 0.15) is 11.9 Å². The van der Waals surface area contributed by atoms with Crippen LogP contribution in [0.25, 0.3) is 0 Å². The minimum absolute atomic E-state index is 0.0177. The molecule has 1 aliphatic rings. The number of carboxylic acids is 1. The highest BCUT2D eigenvalue weighted by Gasteiger charge is 2.23. The Morgan fingerprint density at radius 1 is 1.11 bits per heavy atom. The van der Waals surface area contributed by atoms with Crippen LogP contribution in [-0.2, 0) is 4.74 Å². The number of hydrogen-bond acceptors (Lipinski definition) is 4. The maximum Gasteiger partial charge on any atom is 0.339 e. The Bertz CT molecular complexity index is 489. The maximum absolute atomic E-state index is 12.0. The van der Waals surface area contributed by atoms with Crippen LogP contribution in [0.3, 0.4) is 0 Å². The molecule has 0 radical (unpaired) electrons. The number of rotatable bonds is 3. The summed E-state index contributed by atoms with van der Waals surface area (Å²) < 4.78 is 5.32. The molecular formula is C14H16O5. The Labute approximate surface area is 110 Å². The first-order valence-corrected chi connectivity index (χ1v) is 6.35. The lowest BCUT2D eigenvalue weighted by Crippen LogP contribution is -2.22. The molecule has 1 aromatic rings. The highest BCUT2D eigenvalue weighted by Crippen LogP contribution is 2.23. The van der Waals surface area contributed by atoms with Crippen molar-refractivity contribution >= 4 is 11.9 Å². The number of carbonyl (C=O) groups is 2. The third-order valence-corrected chi connectivity index (χ3v) is 3.28. The molecule has 0 heterocycles. The van der Waals surface area contributed by atoms with E-state index in [2.05, 4.69) is 0 Å².